The zero-order chi connectivity index (χ0) is 14.0. The van der Waals surface area contributed by atoms with Gasteiger partial charge in [0.25, 0.3) is 5.92 Å². The van der Waals surface area contributed by atoms with E-state index < -0.39 is 23.1 Å². The van der Waals surface area contributed by atoms with Crippen LogP contribution in [-0.2, 0) is 5.92 Å². The fourth-order valence-electron chi connectivity index (χ4n) is 1.67. The summed E-state index contributed by atoms with van der Waals surface area (Å²) in [5.41, 5.74) is 0.0768. The number of halogens is 4. The second-order valence-electron chi connectivity index (χ2n) is 4.21. The molecule has 0 saturated carbocycles. The topological polar surface area (TPSA) is 12.9 Å². The number of nitrogens with zero attached hydrogens (tertiary/aromatic N) is 1. The Morgan fingerprint density at radius 3 is 2.42 bits per heavy atom. The first-order valence-corrected chi connectivity index (χ1v) is 5.49. The summed E-state index contributed by atoms with van der Waals surface area (Å²) in [4.78, 5) is 3.64. The van der Waals surface area contributed by atoms with E-state index in [1.807, 2.05) is 0 Å². The van der Waals surface area contributed by atoms with E-state index in [1.165, 1.54) is 24.8 Å². The minimum atomic E-state index is -3.27. The van der Waals surface area contributed by atoms with Gasteiger partial charge in [0.05, 0.1) is 11.8 Å². The Labute approximate surface area is 107 Å². The van der Waals surface area contributed by atoms with Crippen LogP contribution >= 0.6 is 0 Å². The zero-order valence-electron chi connectivity index (χ0n) is 10.0. The Balaban J connectivity index is 2.32. The van der Waals surface area contributed by atoms with Crippen LogP contribution in [0.3, 0.4) is 0 Å². The highest BCUT2D eigenvalue weighted by Crippen LogP contribution is 2.30. The third-order valence-corrected chi connectivity index (χ3v) is 2.52. The van der Waals surface area contributed by atoms with Crippen LogP contribution in [0.4, 0.5) is 17.6 Å². The van der Waals surface area contributed by atoms with Crippen molar-refractivity contribution in [1.29, 1.82) is 0 Å². The summed E-state index contributed by atoms with van der Waals surface area (Å²) in [6.07, 6.45) is 3.87. The Kier molecular flexibility index (Phi) is 3.55. The summed E-state index contributed by atoms with van der Waals surface area (Å²) >= 11 is 0. The van der Waals surface area contributed by atoms with E-state index in [-0.39, 0.29) is 0 Å². The molecule has 99 valence electrons. The highest BCUT2D eigenvalue weighted by atomic mass is 19.3. The first kappa shape index (κ1) is 13.5. The van der Waals surface area contributed by atoms with Gasteiger partial charge in [0, 0.05) is 19.5 Å². The van der Waals surface area contributed by atoms with Crippen molar-refractivity contribution in [2.24, 2.45) is 0 Å². The lowest BCUT2D eigenvalue weighted by Crippen LogP contribution is -2.10. The van der Waals surface area contributed by atoms with Crippen molar-refractivity contribution >= 4 is 0 Å². The van der Waals surface area contributed by atoms with Crippen molar-refractivity contribution < 1.29 is 17.6 Å². The molecule has 1 aromatic heterocycles. The highest BCUT2D eigenvalue weighted by Gasteiger charge is 2.28. The van der Waals surface area contributed by atoms with Crippen molar-refractivity contribution in [3.8, 4) is 0 Å². The van der Waals surface area contributed by atoms with Crippen molar-refractivity contribution in [2.45, 2.75) is 12.8 Å². The fraction of sp³-hybridized carbons (Fsp3) is 0.143. The minimum Gasteiger partial charge on any atom is -0.261 e. The zero-order valence-corrected chi connectivity index (χ0v) is 10.0. The summed E-state index contributed by atoms with van der Waals surface area (Å²) in [7, 11) is 0. The van der Waals surface area contributed by atoms with Gasteiger partial charge in [0.2, 0.25) is 0 Å². The SMILES string of the molecule is CC(F)(F)c1cc([CH]c2cncc(F)c2)ccc1F. The normalized spacial score (nSPS) is 11.6. The highest BCUT2D eigenvalue weighted by molar-refractivity contribution is 5.39. The van der Waals surface area contributed by atoms with Crippen LogP contribution in [0.5, 0.6) is 0 Å². The van der Waals surface area contributed by atoms with E-state index >= 15 is 0 Å². The Bertz CT molecular complexity index is 590. The van der Waals surface area contributed by atoms with Gasteiger partial charge in [-0.1, -0.05) is 6.07 Å². The summed E-state index contributed by atoms with van der Waals surface area (Å²) in [5.74, 6) is -4.77. The number of hydrogen-bond donors (Lipinski definition) is 0. The lowest BCUT2D eigenvalue weighted by atomic mass is 10.0. The van der Waals surface area contributed by atoms with Gasteiger partial charge in [0.15, 0.2) is 0 Å². The van der Waals surface area contributed by atoms with Crippen molar-refractivity contribution in [2.75, 3.05) is 0 Å². The molecular formula is C14H10F4N. The van der Waals surface area contributed by atoms with Gasteiger partial charge in [-0.15, -0.1) is 0 Å². The molecule has 0 bridgehead atoms. The Morgan fingerprint density at radius 1 is 1.05 bits per heavy atom. The molecule has 2 aromatic rings. The van der Waals surface area contributed by atoms with Gasteiger partial charge >= 0.3 is 0 Å². The average molecular weight is 268 g/mol. The number of rotatable bonds is 3. The molecule has 0 aliphatic carbocycles. The van der Waals surface area contributed by atoms with Gasteiger partial charge in [-0.2, -0.15) is 0 Å². The van der Waals surface area contributed by atoms with E-state index in [9.17, 15) is 17.6 Å². The molecule has 1 radical (unpaired) electrons. The molecule has 1 heterocycles. The first-order chi connectivity index (χ1) is 8.86. The maximum absolute atomic E-state index is 13.3. The predicted molar refractivity (Wildman–Crippen MR) is 62.7 cm³/mol. The van der Waals surface area contributed by atoms with Crippen LogP contribution in [-0.4, -0.2) is 4.98 Å². The fourth-order valence-corrected chi connectivity index (χ4v) is 1.67. The van der Waals surface area contributed by atoms with Crippen LogP contribution in [0.2, 0.25) is 0 Å². The molecule has 1 aromatic carbocycles. The van der Waals surface area contributed by atoms with Gasteiger partial charge in [-0.05, 0) is 29.3 Å². The molecule has 0 aliphatic heterocycles. The van der Waals surface area contributed by atoms with E-state index in [4.69, 9.17) is 0 Å². The average Bonchev–Trinajstić information content (AvgIpc) is 2.30. The molecular weight excluding hydrogens is 258 g/mol. The van der Waals surface area contributed by atoms with Gasteiger partial charge in [-0.3, -0.25) is 4.98 Å². The van der Waals surface area contributed by atoms with Crippen LogP contribution in [0.1, 0.15) is 23.6 Å². The molecule has 0 aliphatic rings. The molecule has 1 nitrogen and oxygen atoms in total. The predicted octanol–water partition coefficient (Wildman–Crippen LogP) is 4.07. The molecule has 0 N–H and O–H groups in total. The quantitative estimate of drug-likeness (QED) is 0.764. The van der Waals surface area contributed by atoms with Gasteiger partial charge in [-0.25, -0.2) is 17.6 Å². The maximum atomic E-state index is 13.3. The molecule has 0 atom stereocenters. The lowest BCUT2D eigenvalue weighted by molar-refractivity contribution is 0.0137. The number of benzene rings is 1. The van der Waals surface area contributed by atoms with Crippen LogP contribution in [0.15, 0.2) is 36.7 Å². The molecule has 2 rings (SSSR count). The summed E-state index contributed by atoms with van der Waals surface area (Å²) in [6, 6.07) is 4.56. The smallest absolute Gasteiger partial charge is 0.261 e. The van der Waals surface area contributed by atoms with E-state index in [2.05, 4.69) is 4.98 Å². The summed E-state index contributed by atoms with van der Waals surface area (Å²) in [5, 5.41) is 0. The Morgan fingerprint density at radius 2 is 1.79 bits per heavy atom. The lowest BCUT2D eigenvalue weighted by Gasteiger charge is -2.13. The molecule has 0 saturated heterocycles. The molecule has 0 unspecified atom stereocenters. The molecule has 0 fully saturated rings. The molecule has 5 heteroatoms. The maximum Gasteiger partial charge on any atom is 0.273 e. The number of alkyl halides is 2. The number of hydrogen-bond acceptors (Lipinski definition) is 1. The van der Waals surface area contributed by atoms with Crippen molar-refractivity contribution in [3.63, 3.8) is 0 Å². The number of pyridine rings is 1. The van der Waals surface area contributed by atoms with Crippen molar-refractivity contribution in [1.82, 2.24) is 4.98 Å². The molecule has 0 amide bonds. The van der Waals surface area contributed by atoms with E-state index in [0.717, 1.165) is 18.3 Å². The van der Waals surface area contributed by atoms with Gasteiger partial charge < -0.3 is 0 Å². The second kappa shape index (κ2) is 4.99. The molecule has 19 heavy (non-hydrogen) atoms. The van der Waals surface area contributed by atoms with E-state index in [0.29, 0.717) is 18.1 Å². The van der Waals surface area contributed by atoms with Crippen LogP contribution in [0, 0.1) is 18.1 Å². The van der Waals surface area contributed by atoms with Crippen LogP contribution in [0.25, 0.3) is 0 Å². The first-order valence-electron chi connectivity index (χ1n) is 5.49. The number of aromatic nitrogens is 1. The van der Waals surface area contributed by atoms with Crippen LogP contribution < -0.4 is 0 Å². The monoisotopic (exact) mass is 268 g/mol. The van der Waals surface area contributed by atoms with E-state index in [1.54, 1.807) is 0 Å². The standard InChI is InChI=1S/C14H10F4N/c1-14(17,18)12-6-9(2-3-13(12)16)4-10-5-11(15)8-19-7-10/h2-8H,1H3. The summed E-state index contributed by atoms with van der Waals surface area (Å²) < 4.78 is 52.6. The summed E-state index contributed by atoms with van der Waals surface area (Å²) in [6.45, 7) is 0.624. The Hall–Kier alpha value is -1.91. The minimum absolute atomic E-state index is 0.352. The second-order valence-corrected chi connectivity index (χ2v) is 4.21. The third kappa shape index (κ3) is 3.30. The third-order valence-electron chi connectivity index (χ3n) is 2.52. The van der Waals surface area contributed by atoms with Gasteiger partial charge in [0.1, 0.15) is 11.6 Å². The largest absolute Gasteiger partial charge is 0.273 e. The molecule has 0 spiro atoms. The van der Waals surface area contributed by atoms with Crippen molar-refractivity contribution in [3.05, 3.63) is 71.4 Å².